The second-order valence-electron chi connectivity index (χ2n) is 6.20. The molecule has 1 aromatic heterocycles. The first-order valence-electron chi connectivity index (χ1n) is 9.14. The maximum atomic E-state index is 13.3. The normalized spacial score (nSPS) is 12.3. The second-order valence-corrected chi connectivity index (χ2v) is 6.20. The highest BCUT2D eigenvalue weighted by Gasteiger charge is 2.19. The molecule has 0 spiro atoms. The molecule has 0 aliphatic carbocycles. The topological polar surface area (TPSA) is 56.2 Å². The van der Waals surface area contributed by atoms with E-state index >= 15 is 0 Å². The molecule has 1 atom stereocenters. The van der Waals surface area contributed by atoms with Crippen LogP contribution in [0.3, 0.4) is 0 Å². The number of rotatable bonds is 7. The molecule has 1 N–H and O–H groups in total. The minimum Gasteiger partial charge on any atom is -0.492 e. The lowest BCUT2D eigenvalue weighted by Gasteiger charge is -2.21. The van der Waals surface area contributed by atoms with Crippen molar-refractivity contribution in [2.45, 2.75) is 33.2 Å². The van der Waals surface area contributed by atoms with E-state index in [1.54, 1.807) is 4.57 Å². The first kappa shape index (κ1) is 18.1. The van der Waals surface area contributed by atoms with Gasteiger partial charge >= 0.3 is 0 Å². The summed E-state index contributed by atoms with van der Waals surface area (Å²) in [6.45, 7) is 7.48. The first-order chi connectivity index (χ1) is 12.7. The van der Waals surface area contributed by atoms with Gasteiger partial charge in [0.2, 0.25) is 0 Å². The fourth-order valence-electron chi connectivity index (χ4n) is 3.04. The van der Waals surface area contributed by atoms with E-state index in [-0.39, 0.29) is 11.6 Å². The highest BCUT2D eigenvalue weighted by atomic mass is 16.5. The number of aromatic nitrogens is 2. The molecule has 3 rings (SSSR count). The van der Waals surface area contributed by atoms with Crippen LogP contribution < -0.4 is 15.6 Å². The van der Waals surface area contributed by atoms with Gasteiger partial charge in [0, 0.05) is 0 Å². The van der Waals surface area contributed by atoms with Gasteiger partial charge in [-0.15, -0.1) is 0 Å². The van der Waals surface area contributed by atoms with Crippen molar-refractivity contribution in [1.82, 2.24) is 14.9 Å². The van der Waals surface area contributed by atoms with E-state index in [1.807, 2.05) is 62.4 Å². The molecular formula is C21H25N3O2. The smallest absolute Gasteiger partial charge is 0.266 e. The van der Waals surface area contributed by atoms with Crippen LogP contribution in [0.5, 0.6) is 5.75 Å². The Kier molecular flexibility index (Phi) is 5.68. The fraction of sp³-hybridized carbons (Fsp3) is 0.333. The standard InChI is InChI=1S/C21H25N3O2/c1-4-14-22-15(3)20-23-17-11-7-6-10-16(17)21(25)24(20)18-12-8-9-13-19(18)26-5-2/h6-13,15,22H,4-5,14H2,1-3H3/t15-/m1/s1. The molecule has 1 heterocycles. The number of hydrogen-bond donors (Lipinski definition) is 1. The van der Waals surface area contributed by atoms with Crippen molar-refractivity contribution in [3.05, 3.63) is 64.7 Å². The molecule has 0 aliphatic heterocycles. The summed E-state index contributed by atoms with van der Waals surface area (Å²) in [6, 6.07) is 15.0. The van der Waals surface area contributed by atoms with Crippen LogP contribution >= 0.6 is 0 Å². The number of benzene rings is 2. The Bertz CT molecular complexity index is 949. The van der Waals surface area contributed by atoms with Crippen molar-refractivity contribution in [3.63, 3.8) is 0 Å². The van der Waals surface area contributed by atoms with Gasteiger partial charge in [-0.05, 0) is 51.1 Å². The molecule has 0 saturated carbocycles. The lowest BCUT2D eigenvalue weighted by Crippen LogP contribution is -2.30. The second kappa shape index (κ2) is 8.15. The van der Waals surface area contributed by atoms with E-state index < -0.39 is 0 Å². The summed E-state index contributed by atoms with van der Waals surface area (Å²) < 4.78 is 7.45. The van der Waals surface area contributed by atoms with Crippen molar-refractivity contribution in [2.75, 3.05) is 13.2 Å². The molecule has 0 saturated heterocycles. The maximum Gasteiger partial charge on any atom is 0.266 e. The summed E-state index contributed by atoms with van der Waals surface area (Å²) in [5.41, 5.74) is 1.35. The molecule has 0 fully saturated rings. The Balaban J connectivity index is 2.28. The van der Waals surface area contributed by atoms with Gasteiger partial charge in [0.25, 0.3) is 5.56 Å². The quantitative estimate of drug-likeness (QED) is 0.702. The fourth-order valence-corrected chi connectivity index (χ4v) is 3.04. The predicted octanol–water partition coefficient (Wildman–Crippen LogP) is 3.85. The molecule has 0 unspecified atom stereocenters. The Morgan fingerprint density at radius 1 is 1.12 bits per heavy atom. The summed E-state index contributed by atoms with van der Waals surface area (Å²) in [6.07, 6.45) is 1.01. The van der Waals surface area contributed by atoms with Crippen LogP contribution in [-0.4, -0.2) is 22.7 Å². The van der Waals surface area contributed by atoms with Crippen LogP contribution in [0.4, 0.5) is 0 Å². The van der Waals surface area contributed by atoms with Crippen LogP contribution in [0, 0.1) is 0 Å². The van der Waals surface area contributed by atoms with Crippen molar-refractivity contribution < 1.29 is 4.74 Å². The van der Waals surface area contributed by atoms with Crippen LogP contribution in [0.15, 0.2) is 53.3 Å². The van der Waals surface area contributed by atoms with Gasteiger partial charge < -0.3 is 10.1 Å². The highest BCUT2D eigenvalue weighted by Crippen LogP contribution is 2.25. The third-order valence-corrected chi connectivity index (χ3v) is 4.30. The van der Waals surface area contributed by atoms with Gasteiger partial charge in [0.15, 0.2) is 0 Å². The minimum atomic E-state index is -0.0806. The Labute approximate surface area is 153 Å². The third kappa shape index (κ3) is 3.48. The lowest BCUT2D eigenvalue weighted by atomic mass is 10.2. The summed E-state index contributed by atoms with van der Waals surface area (Å²) in [7, 11) is 0. The monoisotopic (exact) mass is 351 g/mol. The van der Waals surface area contributed by atoms with Gasteiger partial charge in [-0.2, -0.15) is 0 Å². The van der Waals surface area contributed by atoms with E-state index in [4.69, 9.17) is 9.72 Å². The molecular weight excluding hydrogens is 326 g/mol. The molecule has 5 heteroatoms. The summed E-state index contributed by atoms with van der Waals surface area (Å²) >= 11 is 0. The van der Waals surface area contributed by atoms with E-state index in [0.29, 0.717) is 29.1 Å². The van der Waals surface area contributed by atoms with Crippen molar-refractivity contribution in [1.29, 1.82) is 0 Å². The molecule has 0 radical (unpaired) electrons. The molecule has 5 nitrogen and oxygen atoms in total. The summed E-state index contributed by atoms with van der Waals surface area (Å²) in [5, 5.41) is 4.04. The zero-order chi connectivity index (χ0) is 18.5. The number of para-hydroxylation sites is 3. The van der Waals surface area contributed by atoms with Crippen LogP contribution in [0.2, 0.25) is 0 Å². The zero-order valence-electron chi connectivity index (χ0n) is 15.5. The van der Waals surface area contributed by atoms with Gasteiger partial charge in [0.1, 0.15) is 11.6 Å². The lowest BCUT2D eigenvalue weighted by molar-refractivity contribution is 0.338. The largest absolute Gasteiger partial charge is 0.492 e. The minimum absolute atomic E-state index is 0.0676. The number of fused-ring (bicyclic) bond motifs is 1. The van der Waals surface area contributed by atoms with Crippen molar-refractivity contribution in [3.8, 4) is 11.4 Å². The van der Waals surface area contributed by atoms with Gasteiger partial charge in [-0.3, -0.25) is 9.36 Å². The maximum absolute atomic E-state index is 13.3. The highest BCUT2D eigenvalue weighted by molar-refractivity contribution is 5.78. The molecule has 0 amide bonds. The average molecular weight is 351 g/mol. The molecule has 136 valence electrons. The first-order valence-corrected chi connectivity index (χ1v) is 9.14. The summed E-state index contributed by atoms with van der Waals surface area (Å²) in [4.78, 5) is 18.1. The molecule has 0 bridgehead atoms. The number of nitrogens with zero attached hydrogens (tertiary/aromatic N) is 2. The zero-order valence-corrected chi connectivity index (χ0v) is 15.5. The third-order valence-electron chi connectivity index (χ3n) is 4.30. The SMILES string of the molecule is CCCN[C@H](C)c1nc2ccccc2c(=O)n1-c1ccccc1OCC. The van der Waals surface area contributed by atoms with E-state index in [9.17, 15) is 4.79 Å². The molecule has 26 heavy (non-hydrogen) atoms. The average Bonchev–Trinajstić information content (AvgIpc) is 2.67. The summed E-state index contributed by atoms with van der Waals surface area (Å²) in [5.74, 6) is 1.37. The van der Waals surface area contributed by atoms with Crippen LogP contribution in [-0.2, 0) is 0 Å². The Morgan fingerprint density at radius 3 is 2.62 bits per heavy atom. The Morgan fingerprint density at radius 2 is 1.85 bits per heavy atom. The Hall–Kier alpha value is -2.66. The van der Waals surface area contributed by atoms with Crippen LogP contribution in [0.1, 0.15) is 39.1 Å². The van der Waals surface area contributed by atoms with Crippen molar-refractivity contribution in [2.24, 2.45) is 0 Å². The van der Waals surface area contributed by atoms with Gasteiger partial charge in [-0.25, -0.2) is 4.98 Å². The van der Waals surface area contributed by atoms with Crippen LogP contribution in [0.25, 0.3) is 16.6 Å². The van der Waals surface area contributed by atoms with Gasteiger partial charge in [-0.1, -0.05) is 31.2 Å². The van der Waals surface area contributed by atoms with E-state index in [1.165, 1.54) is 0 Å². The predicted molar refractivity (Wildman–Crippen MR) is 105 cm³/mol. The van der Waals surface area contributed by atoms with E-state index in [0.717, 1.165) is 18.7 Å². The number of nitrogens with one attached hydrogen (secondary N) is 1. The number of ether oxygens (including phenoxy) is 1. The van der Waals surface area contributed by atoms with E-state index in [2.05, 4.69) is 12.2 Å². The number of hydrogen-bond acceptors (Lipinski definition) is 4. The molecule has 3 aromatic rings. The molecule has 2 aromatic carbocycles. The van der Waals surface area contributed by atoms with Gasteiger partial charge in [0.05, 0.1) is 29.2 Å². The van der Waals surface area contributed by atoms with Crippen molar-refractivity contribution >= 4 is 10.9 Å². The molecule has 0 aliphatic rings.